The highest BCUT2D eigenvalue weighted by molar-refractivity contribution is 5.85. The fourth-order valence-corrected chi connectivity index (χ4v) is 2.07. The minimum absolute atomic E-state index is 0.385. The predicted molar refractivity (Wildman–Crippen MR) is 85.2 cm³/mol. The van der Waals surface area contributed by atoms with Gasteiger partial charge in [-0.15, -0.1) is 0 Å². The third-order valence-corrected chi connectivity index (χ3v) is 3.44. The molecule has 0 aliphatic rings. The summed E-state index contributed by atoms with van der Waals surface area (Å²) in [6.07, 6.45) is -1.80. The van der Waals surface area contributed by atoms with Gasteiger partial charge in [-0.25, -0.2) is 9.59 Å². The van der Waals surface area contributed by atoms with Gasteiger partial charge in [0.05, 0.1) is 0 Å². The number of nitrogens with one attached hydrogen (secondary N) is 2. The summed E-state index contributed by atoms with van der Waals surface area (Å²) in [5, 5.41) is 39.8. The maximum Gasteiger partial charge on any atom is 0.326 e. The van der Waals surface area contributed by atoms with Crippen LogP contribution in [0.1, 0.15) is 25.7 Å². The van der Waals surface area contributed by atoms with Gasteiger partial charge in [-0.2, -0.15) is 0 Å². The average molecular weight is 372 g/mol. The van der Waals surface area contributed by atoms with Crippen LogP contribution in [0.15, 0.2) is 9.59 Å². The summed E-state index contributed by atoms with van der Waals surface area (Å²) in [4.78, 5) is 66.6. The fourth-order valence-electron chi connectivity index (χ4n) is 2.07. The molecule has 2 unspecified atom stereocenters. The molecule has 6 N–H and O–H groups in total. The molecule has 0 spiro atoms. The number of aliphatic carboxylic acids is 4. The van der Waals surface area contributed by atoms with Crippen LogP contribution in [0.3, 0.4) is 0 Å². The lowest BCUT2D eigenvalue weighted by molar-refractivity contribution is -0.141. The molecule has 0 heterocycles. The van der Waals surface area contributed by atoms with Crippen molar-refractivity contribution in [2.75, 3.05) is 10.6 Å². The minimum Gasteiger partial charge on any atom is -0.481 e. The SMILES string of the molecule is O=C(O)CCC(Nc1c(NC(CCC(=O)O)C(=O)O)c(=O)c1=O)C(=O)O. The molecule has 26 heavy (non-hydrogen) atoms. The van der Waals surface area contributed by atoms with Gasteiger partial charge in [-0.3, -0.25) is 19.2 Å². The van der Waals surface area contributed by atoms with Crippen LogP contribution in [-0.4, -0.2) is 56.4 Å². The number of anilines is 2. The van der Waals surface area contributed by atoms with Gasteiger partial charge in [0.1, 0.15) is 23.5 Å². The van der Waals surface area contributed by atoms with Crippen molar-refractivity contribution in [3.8, 4) is 0 Å². The molecule has 1 rings (SSSR count). The molecule has 0 aromatic heterocycles. The summed E-state index contributed by atoms with van der Waals surface area (Å²) in [6.45, 7) is 0. The summed E-state index contributed by atoms with van der Waals surface area (Å²) < 4.78 is 0. The summed E-state index contributed by atoms with van der Waals surface area (Å²) >= 11 is 0. The molecular formula is C14H16N2O10. The zero-order chi connectivity index (χ0) is 20.0. The molecule has 0 amide bonds. The Hall–Kier alpha value is -3.44. The second-order valence-electron chi connectivity index (χ2n) is 5.34. The van der Waals surface area contributed by atoms with Crippen molar-refractivity contribution >= 4 is 35.3 Å². The molecule has 0 bridgehead atoms. The third kappa shape index (κ3) is 5.29. The van der Waals surface area contributed by atoms with Crippen LogP contribution in [0.4, 0.5) is 11.4 Å². The number of carbonyl (C=O) groups is 4. The van der Waals surface area contributed by atoms with E-state index in [0.29, 0.717) is 0 Å². The van der Waals surface area contributed by atoms with E-state index in [2.05, 4.69) is 10.6 Å². The van der Waals surface area contributed by atoms with Crippen molar-refractivity contribution in [3.63, 3.8) is 0 Å². The Kier molecular flexibility index (Phi) is 6.81. The number of rotatable bonds is 12. The second-order valence-corrected chi connectivity index (χ2v) is 5.34. The Labute approximate surface area is 144 Å². The monoisotopic (exact) mass is 372 g/mol. The first-order valence-corrected chi connectivity index (χ1v) is 7.30. The minimum atomic E-state index is -1.49. The topological polar surface area (TPSA) is 207 Å². The van der Waals surface area contributed by atoms with E-state index < -0.39 is 71.0 Å². The lowest BCUT2D eigenvalue weighted by atomic mass is 10.1. The van der Waals surface area contributed by atoms with Gasteiger partial charge in [0.2, 0.25) is 0 Å². The highest BCUT2D eigenvalue weighted by Crippen LogP contribution is 2.19. The van der Waals surface area contributed by atoms with Crippen molar-refractivity contribution in [2.24, 2.45) is 0 Å². The number of hydrogen-bond donors (Lipinski definition) is 6. The van der Waals surface area contributed by atoms with Crippen LogP contribution in [-0.2, 0) is 19.2 Å². The van der Waals surface area contributed by atoms with Crippen LogP contribution < -0.4 is 21.5 Å². The van der Waals surface area contributed by atoms with Crippen molar-refractivity contribution in [2.45, 2.75) is 37.8 Å². The highest BCUT2D eigenvalue weighted by Gasteiger charge is 2.30. The van der Waals surface area contributed by atoms with Crippen LogP contribution in [0.2, 0.25) is 0 Å². The van der Waals surface area contributed by atoms with Gasteiger partial charge < -0.3 is 31.1 Å². The second kappa shape index (κ2) is 8.60. The molecule has 0 saturated heterocycles. The van der Waals surface area contributed by atoms with E-state index in [1.54, 1.807) is 0 Å². The molecule has 0 fully saturated rings. The van der Waals surface area contributed by atoms with E-state index >= 15 is 0 Å². The zero-order valence-electron chi connectivity index (χ0n) is 13.2. The Bertz CT molecular complexity index is 726. The number of carboxylic acids is 4. The molecule has 12 heteroatoms. The molecule has 142 valence electrons. The van der Waals surface area contributed by atoms with Crippen molar-refractivity contribution in [3.05, 3.63) is 20.4 Å². The van der Waals surface area contributed by atoms with Crippen molar-refractivity contribution < 1.29 is 39.6 Å². The Morgan fingerprint density at radius 1 is 0.692 bits per heavy atom. The fraction of sp³-hybridized carbons (Fsp3) is 0.429. The first kappa shape index (κ1) is 20.6. The predicted octanol–water partition coefficient (Wildman–Crippen LogP) is -1.26. The molecular weight excluding hydrogens is 356 g/mol. The maximum absolute atomic E-state index is 11.6. The van der Waals surface area contributed by atoms with Gasteiger partial charge in [-0.1, -0.05) is 0 Å². The Morgan fingerprint density at radius 3 is 1.23 bits per heavy atom. The van der Waals surface area contributed by atoms with E-state index in [9.17, 15) is 28.8 Å². The maximum atomic E-state index is 11.6. The molecule has 1 aromatic rings. The van der Waals surface area contributed by atoms with Crippen LogP contribution in [0.5, 0.6) is 0 Å². The largest absolute Gasteiger partial charge is 0.481 e. The first-order chi connectivity index (χ1) is 12.0. The molecule has 0 saturated carbocycles. The van der Waals surface area contributed by atoms with Gasteiger partial charge in [0.15, 0.2) is 0 Å². The molecule has 0 aliphatic heterocycles. The van der Waals surface area contributed by atoms with E-state index in [1.807, 2.05) is 0 Å². The lowest BCUT2D eigenvalue weighted by Gasteiger charge is -2.21. The third-order valence-electron chi connectivity index (χ3n) is 3.44. The molecule has 1 aromatic carbocycles. The smallest absolute Gasteiger partial charge is 0.326 e. The summed E-state index contributed by atoms with van der Waals surface area (Å²) in [6, 6.07) is -2.98. The van der Waals surface area contributed by atoms with Crippen LogP contribution in [0.25, 0.3) is 0 Å². The van der Waals surface area contributed by atoms with Gasteiger partial charge in [0.25, 0.3) is 10.9 Å². The molecule has 0 radical (unpaired) electrons. The summed E-state index contributed by atoms with van der Waals surface area (Å²) in [5.41, 5.74) is -3.13. The van der Waals surface area contributed by atoms with E-state index in [-0.39, 0.29) is 12.8 Å². The van der Waals surface area contributed by atoms with E-state index in [1.165, 1.54) is 0 Å². The lowest BCUT2D eigenvalue weighted by Crippen LogP contribution is -2.44. The Morgan fingerprint density at radius 2 is 1.00 bits per heavy atom. The normalized spacial score (nSPS) is 12.9. The Balaban J connectivity index is 2.96. The standard InChI is InChI=1S/C14H16N2O10/c17-7(18)3-1-5(13(23)24)15-9-10(12(22)11(9)21)16-6(14(25)26)2-4-8(19)20/h5-6,15-16H,1-4H2,(H,17,18)(H,19,20)(H,23,24)(H,25,26). The van der Waals surface area contributed by atoms with Crippen molar-refractivity contribution in [1.82, 2.24) is 0 Å². The van der Waals surface area contributed by atoms with Gasteiger partial charge in [-0.05, 0) is 12.8 Å². The van der Waals surface area contributed by atoms with Gasteiger partial charge >= 0.3 is 23.9 Å². The highest BCUT2D eigenvalue weighted by atomic mass is 16.4. The summed E-state index contributed by atoms with van der Waals surface area (Å²) in [7, 11) is 0. The van der Waals surface area contributed by atoms with Crippen molar-refractivity contribution in [1.29, 1.82) is 0 Å². The van der Waals surface area contributed by atoms with E-state index in [0.717, 1.165) is 0 Å². The molecule has 2 atom stereocenters. The zero-order valence-corrected chi connectivity index (χ0v) is 13.2. The quantitative estimate of drug-likeness (QED) is 0.238. The summed E-state index contributed by atoms with van der Waals surface area (Å²) in [5.74, 6) is -5.46. The van der Waals surface area contributed by atoms with Crippen LogP contribution >= 0.6 is 0 Å². The average Bonchev–Trinajstić information content (AvgIpc) is 2.54. The number of hydrogen-bond acceptors (Lipinski definition) is 8. The first-order valence-electron chi connectivity index (χ1n) is 7.30. The molecule has 0 aliphatic carbocycles. The van der Waals surface area contributed by atoms with Gasteiger partial charge in [0, 0.05) is 12.8 Å². The van der Waals surface area contributed by atoms with Crippen LogP contribution in [0, 0.1) is 0 Å². The van der Waals surface area contributed by atoms with E-state index in [4.69, 9.17) is 20.4 Å². The number of carboxylic acid groups (broad SMARTS) is 4. The molecule has 12 nitrogen and oxygen atoms in total.